The third-order valence-corrected chi connectivity index (χ3v) is 6.71. The largest absolute Gasteiger partial charge is 0.313 e. The highest BCUT2D eigenvalue weighted by Crippen LogP contribution is 2.22. The molecule has 0 aromatic heterocycles. The molecule has 3 nitrogen and oxygen atoms in total. The van der Waals surface area contributed by atoms with Gasteiger partial charge >= 0.3 is 0 Å². The van der Waals surface area contributed by atoms with E-state index in [0.717, 1.165) is 13.1 Å². The Morgan fingerprint density at radius 3 is 1.19 bits per heavy atom. The van der Waals surface area contributed by atoms with Crippen molar-refractivity contribution in [3.05, 3.63) is 0 Å². The van der Waals surface area contributed by atoms with Crippen LogP contribution in [-0.2, 0) is 0 Å². The molecule has 0 aliphatic carbocycles. The van der Waals surface area contributed by atoms with Crippen LogP contribution in [0.5, 0.6) is 0 Å². The normalized spacial score (nSPS) is 12.8. The van der Waals surface area contributed by atoms with Crippen LogP contribution in [0.25, 0.3) is 0 Å². The van der Waals surface area contributed by atoms with Crippen molar-refractivity contribution >= 4 is 0 Å². The van der Waals surface area contributed by atoms with E-state index in [9.17, 15) is 0 Å². The fraction of sp³-hybridized carbons (Fsp3) is 1.00. The predicted molar refractivity (Wildman–Crippen MR) is 169 cm³/mol. The first-order valence-electron chi connectivity index (χ1n) is 15.6. The minimum atomic E-state index is 0.382. The van der Waals surface area contributed by atoms with Crippen molar-refractivity contribution in [2.75, 3.05) is 32.7 Å². The van der Waals surface area contributed by atoms with Crippen LogP contribution in [0.1, 0.15) is 156 Å². The van der Waals surface area contributed by atoms with Gasteiger partial charge in [0.2, 0.25) is 0 Å². The molecule has 222 valence electrons. The number of nitrogens with one attached hydrogen (secondary N) is 2. The molecule has 0 rings (SSSR count). The van der Waals surface area contributed by atoms with Gasteiger partial charge in [-0.05, 0) is 74.3 Å². The molecule has 0 aliphatic heterocycles. The first kappa shape index (κ1) is 40.4. The van der Waals surface area contributed by atoms with Gasteiger partial charge in [0.1, 0.15) is 0 Å². The van der Waals surface area contributed by atoms with E-state index in [1.807, 2.05) is 0 Å². The first-order valence-corrected chi connectivity index (χ1v) is 15.6. The van der Waals surface area contributed by atoms with Gasteiger partial charge in [-0.1, -0.05) is 111 Å². The second-order valence-corrected chi connectivity index (χ2v) is 14.5. The summed E-state index contributed by atoms with van der Waals surface area (Å²) >= 11 is 0. The van der Waals surface area contributed by atoms with E-state index in [-0.39, 0.29) is 0 Å². The monoisotopic (exact) mass is 514 g/mol. The lowest BCUT2D eigenvalue weighted by Crippen LogP contribution is -2.47. The van der Waals surface area contributed by atoms with Crippen LogP contribution in [0.2, 0.25) is 0 Å². The van der Waals surface area contributed by atoms with Gasteiger partial charge in [0.25, 0.3) is 0 Å². The summed E-state index contributed by atoms with van der Waals surface area (Å²) in [6, 6.07) is 0.717. The minimum Gasteiger partial charge on any atom is -0.313 e. The Kier molecular flexibility index (Phi) is 23.3. The van der Waals surface area contributed by atoms with E-state index in [1.165, 1.54) is 64.6 Å². The van der Waals surface area contributed by atoms with Crippen molar-refractivity contribution in [2.24, 2.45) is 16.2 Å². The number of nitrogens with zero attached hydrogens (tertiary/aromatic N) is 1. The van der Waals surface area contributed by atoms with Gasteiger partial charge in [-0.2, -0.15) is 0 Å². The van der Waals surface area contributed by atoms with Crippen molar-refractivity contribution in [1.29, 1.82) is 0 Å². The highest BCUT2D eigenvalue weighted by Gasteiger charge is 2.24. The van der Waals surface area contributed by atoms with Gasteiger partial charge in [-0.25, -0.2) is 0 Å². The molecule has 0 saturated carbocycles. The second-order valence-electron chi connectivity index (χ2n) is 14.5. The molecule has 0 unspecified atom stereocenters. The lowest BCUT2D eigenvalue weighted by atomic mass is 9.87. The van der Waals surface area contributed by atoms with Crippen molar-refractivity contribution in [2.45, 2.75) is 167 Å². The summed E-state index contributed by atoms with van der Waals surface area (Å²) < 4.78 is 0. The third-order valence-electron chi connectivity index (χ3n) is 6.71. The molecular weight excluding hydrogens is 438 g/mol. The van der Waals surface area contributed by atoms with Crippen LogP contribution in [0.3, 0.4) is 0 Å². The summed E-state index contributed by atoms with van der Waals surface area (Å²) in [5, 5.41) is 7.28. The predicted octanol–water partition coefficient (Wildman–Crippen LogP) is 9.56. The Balaban J connectivity index is -0.000000455. The molecule has 0 saturated heterocycles. The summed E-state index contributed by atoms with van der Waals surface area (Å²) in [4.78, 5) is 2.57. The lowest BCUT2D eigenvalue weighted by molar-refractivity contribution is 0.191. The maximum atomic E-state index is 3.72. The van der Waals surface area contributed by atoms with Gasteiger partial charge in [-0.3, -0.25) is 0 Å². The Hall–Kier alpha value is -0.120. The quantitative estimate of drug-likeness (QED) is 0.242. The van der Waals surface area contributed by atoms with E-state index in [0.29, 0.717) is 27.8 Å². The van der Waals surface area contributed by atoms with Gasteiger partial charge in [-0.15, -0.1) is 0 Å². The van der Waals surface area contributed by atoms with E-state index in [1.54, 1.807) is 0 Å². The first-order chi connectivity index (χ1) is 16.4. The van der Waals surface area contributed by atoms with E-state index >= 15 is 0 Å². The van der Waals surface area contributed by atoms with Crippen LogP contribution in [0.4, 0.5) is 0 Å². The Labute approximate surface area is 231 Å². The highest BCUT2D eigenvalue weighted by molar-refractivity contribution is 4.85. The van der Waals surface area contributed by atoms with Crippen molar-refractivity contribution < 1.29 is 0 Å². The molecule has 0 spiro atoms. The summed E-state index contributed by atoms with van der Waals surface area (Å²) in [6.45, 7) is 42.4. The molecule has 0 bridgehead atoms. The molecular formula is C33H75N3. The highest BCUT2D eigenvalue weighted by atomic mass is 15.1. The maximum Gasteiger partial charge on any atom is 0.0173 e. The number of hydrogen-bond acceptors (Lipinski definition) is 3. The molecule has 0 radical (unpaired) electrons. The van der Waals surface area contributed by atoms with Gasteiger partial charge < -0.3 is 15.5 Å². The van der Waals surface area contributed by atoms with Crippen LogP contribution >= 0.6 is 0 Å². The Morgan fingerprint density at radius 2 is 0.944 bits per heavy atom. The van der Waals surface area contributed by atoms with Crippen molar-refractivity contribution in [3.63, 3.8) is 0 Å². The van der Waals surface area contributed by atoms with Crippen LogP contribution in [-0.4, -0.2) is 49.2 Å². The van der Waals surface area contributed by atoms with Crippen LogP contribution < -0.4 is 10.6 Å². The molecule has 0 heterocycles. The fourth-order valence-electron chi connectivity index (χ4n) is 4.18. The summed E-state index contributed by atoms with van der Waals surface area (Å²) in [7, 11) is 0. The third kappa shape index (κ3) is 26.9. The molecule has 0 aliphatic rings. The zero-order chi connectivity index (χ0) is 29.1. The molecule has 2 N–H and O–H groups in total. The Morgan fingerprint density at radius 1 is 0.556 bits per heavy atom. The van der Waals surface area contributed by atoms with Gasteiger partial charge in [0, 0.05) is 31.2 Å². The molecule has 0 fully saturated rings. The van der Waals surface area contributed by atoms with E-state index in [2.05, 4.69) is 126 Å². The standard InChI is InChI=1S/C12H27N.C11H25N.C10H23N/c1-7-12(8-2,9-3)13-10-11(4,5)6;1-6-8-12(9-7-2)10-11(3,4)5;1-6-9(7-2)11-8-10(3,4)5/h13H,7-10H2,1-6H3;6-10H2,1-5H3;9,11H,6-8H2,1-5H3. The smallest absolute Gasteiger partial charge is 0.0173 e. The van der Waals surface area contributed by atoms with Gasteiger partial charge in [0.15, 0.2) is 0 Å². The zero-order valence-electron chi connectivity index (χ0n) is 28.5. The van der Waals surface area contributed by atoms with Crippen molar-refractivity contribution in [1.82, 2.24) is 15.5 Å². The molecule has 0 amide bonds. The summed E-state index contributed by atoms with van der Waals surface area (Å²) in [5.74, 6) is 0. The topological polar surface area (TPSA) is 27.3 Å². The molecule has 36 heavy (non-hydrogen) atoms. The molecule has 0 aromatic carbocycles. The number of rotatable bonds is 14. The summed E-state index contributed by atoms with van der Waals surface area (Å²) in [6.07, 6.45) is 8.73. The number of hydrogen-bond donors (Lipinski definition) is 2. The second kappa shape index (κ2) is 20.8. The van der Waals surface area contributed by atoms with Crippen molar-refractivity contribution in [3.8, 4) is 0 Å². The zero-order valence-corrected chi connectivity index (χ0v) is 28.5. The molecule has 3 heteroatoms. The van der Waals surface area contributed by atoms with Gasteiger partial charge in [0.05, 0.1) is 0 Å². The van der Waals surface area contributed by atoms with E-state index in [4.69, 9.17) is 0 Å². The average molecular weight is 514 g/mol. The summed E-state index contributed by atoms with van der Waals surface area (Å²) in [5.41, 5.74) is 1.64. The SMILES string of the molecule is CCC(CC)(CC)NCC(C)(C)C.CCC(CC)NCC(C)(C)C.CCCN(CCC)CC(C)(C)C. The van der Waals surface area contributed by atoms with Crippen LogP contribution in [0, 0.1) is 16.2 Å². The maximum absolute atomic E-state index is 3.72. The fourth-order valence-corrected chi connectivity index (χ4v) is 4.18. The lowest BCUT2D eigenvalue weighted by Gasteiger charge is -2.35. The Bertz CT molecular complexity index is 443. The van der Waals surface area contributed by atoms with E-state index < -0.39 is 0 Å². The average Bonchev–Trinajstić information content (AvgIpc) is 2.75. The molecule has 0 aromatic rings. The van der Waals surface area contributed by atoms with Crippen LogP contribution in [0.15, 0.2) is 0 Å². The molecule has 0 atom stereocenters. The minimum absolute atomic E-state index is 0.382.